The molecule has 0 unspecified atom stereocenters. The van der Waals surface area contributed by atoms with Crippen LogP contribution in [0.1, 0.15) is 46.8 Å². The summed E-state index contributed by atoms with van der Waals surface area (Å²) < 4.78 is 10.4. The molecule has 1 atom stereocenters. The molecule has 0 aromatic carbocycles. The Bertz CT molecular complexity index is 919. The van der Waals surface area contributed by atoms with Gasteiger partial charge in [0.25, 0.3) is 5.91 Å². The first kappa shape index (κ1) is 18.9. The van der Waals surface area contributed by atoms with E-state index in [1.165, 1.54) is 23.7 Å². The number of ether oxygens (including phenoxy) is 1. The number of hydrogen-bond acceptors (Lipinski definition) is 6. The largest absolute Gasteiger partial charge is 0.465 e. The van der Waals surface area contributed by atoms with E-state index in [1.807, 2.05) is 6.07 Å². The molecular formula is C20H20N2O4S. The van der Waals surface area contributed by atoms with E-state index in [0.717, 1.165) is 29.7 Å². The fraction of sp³-hybridized carbons (Fsp3) is 0.350. The highest BCUT2D eigenvalue weighted by molar-refractivity contribution is 7.17. The zero-order valence-corrected chi connectivity index (χ0v) is 16.0. The van der Waals surface area contributed by atoms with Crippen molar-refractivity contribution in [2.45, 2.75) is 33.1 Å². The second-order valence-electron chi connectivity index (χ2n) is 6.42. The first-order valence-electron chi connectivity index (χ1n) is 8.81. The van der Waals surface area contributed by atoms with Gasteiger partial charge in [-0.15, -0.1) is 11.3 Å². The lowest BCUT2D eigenvalue weighted by molar-refractivity contribution is -0.112. The van der Waals surface area contributed by atoms with E-state index >= 15 is 0 Å². The number of rotatable bonds is 5. The van der Waals surface area contributed by atoms with Crippen molar-refractivity contribution < 1.29 is 18.7 Å². The van der Waals surface area contributed by atoms with E-state index in [4.69, 9.17) is 9.15 Å². The van der Waals surface area contributed by atoms with Gasteiger partial charge in [0.05, 0.1) is 18.4 Å². The lowest BCUT2D eigenvalue weighted by Crippen LogP contribution is -2.17. The lowest BCUT2D eigenvalue weighted by atomic mass is 9.88. The van der Waals surface area contributed by atoms with Crippen molar-refractivity contribution in [1.29, 1.82) is 5.26 Å². The third-order valence-electron chi connectivity index (χ3n) is 4.41. The molecule has 0 saturated carbocycles. The lowest BCUT2D eigenvalue weighted by Gasteiger charge is -2.18. The monoisotopic (exact) mass is 384 g/mol. The maximum absolute atomic E-state index is 12.6. The van der Waals surface area contributed by atoms with Crippen LogP contribution in [0, 0.1) is 17.2 Å². The van der Waals surface area contributed by atoms with Gasteiger partial charge in [0.15, 0.2) is 0 Å². The Morgan fingerprint density at radius 3 is 3.00 bits per heavy atom. The Hall–Kier alpha value is -2.85. The van der Waals surface area contributed by atoms with Crippen LogP contribution in [0.4, 0.5) is 5.00 Å². The van der Waals surface area contributed by atoms with Gasteiger partial charge in [-0.2, -0.15) is 5.26 Å². The van der Waals surface area contributed by atoms with Gasteiger partial charge in [0.2, 0.25) is 0 Å². The number of nitriles is 1. The highest BCUT2D eigenvalue weighted by Crippen LogP contribution is 2.40. The van der Waals surface area contributed by atoms with E-state index < -0.39 is 11.9 Å². The zero-order chi connectivity index (χ0) is 19.4. The standard InChI is InChI=1S/C20H20N2O4S/c1-3-25-20(24)17-15-7-6-12(2)9-16(15)27-19(17)22-18(23)13(11-21)10-14-5-4-8-26-14/h4-5,8,10,12H,3,6-7,9H2,1-2H3,(H,22,23)/b13-10-/t12-/m0/s1. The number of nitrogens with zero attached hydrogens (tertiary/aromatic N) is 1. The third kappa shape index (κ3) is 4.12. The van der Waals surface area contributed by atoms with E-state index in [0.29, 0.717) is 22.2 Å². The van der Waals surface area contributed by atoms with Gasteiger partial charge in [0.1, 0.15) is 22.4 Å². The number of esters is 1. The topological polar surface area (TPSA) is 92.3 Å². The fourth-order valence-corrected chi connectivity index (χ4v) is 4.49. The van der Waals surface area contributed by atoms with Gasteiger partial charge in [0, 0.05) is 11.0 Å². The molecular weight excluding hydrogens is 364 g/mol. The maximum Gasteiger partial charge on any atom is 0.341 e. The number of thiophene rings is 1. The van der Waals surface area contributed by atoms with Crippen molar-refractivity contribution in [2.24, 2.45) is 5.92 Å². The van der Waals surface area contributed by atoms with Crippen molar-refractivity contribution in [3.05, 3.63) is 45.7 Å². The minimum Gasteiger partial charge on any atom is -0.465 e. The van der Waals surface area contributed by atoms with Crippen molar-refractivity contribution in [3.8, 4) is 6.07 Å². The average molecular weight is 384 g/mol. The molecule has 27 heavy (non-hydrogen) atoms. The minimum absolute atomic E-state index is 0.0977. The predicted molar refractivity (Wildman–Crippen MR) is 102 cm³/mol. The van der Waals surface area contributed by atoms with Crippen molar-refractivity contribution in [3.63, 3.8) is 0 Å². The molecule has 2 aromatic rings. The number of carbonyl (C=O) groups excluding carboxylic acids is 2. The summed E-state index contributed by atoms with van der Waals surface area (Å²) in [6.07, 6.45) is 5.48. The van der Waals surface area contributed by atoms with Crippen LogP contribution < -0.4 is 5.32 Å². The zero-order valence-electron chi connectivity index (χ0n) is 15.2. The van der Waals surface area contributed by atoms with Crippen LogP contribution >= 0.6 is 11.3 Å². The Labute approximate surface area is 161 Å². The van der Waals surface area contributed by atoms with Gasteiger partial charge in [-0.25, -0.2) is 4.79 Å². The molecule has 0 saturated heterocycles. The molecule has 1 N–H and O–H groups in total. The van der Waals surface area contributed by atoms with Gasteiger partial charge in [-0.1, -0.05) is 6.92 Å². The van der Waals surface area contributed by atoms with Gasteiger partial charge in [-0.3, -0.25) is 4.79 Å². The summed E-state index contributed by atoms with van der Waals surface area (Å²) in [6, 6.07) is 5.21. The van der Waals surface area contributed by atoms with Crippen LogP contribution in [0.25, 0.3) is 6.08 Å². The Balaban J connectivity index is 1.92. The summed E-state index contributed by atoms with van der Waals surface area (Å²) >= 11 is 1.39. The van der Waals surface area contributed by atoms with Gasteiger partial charge >= 0.3 is 5.97 Å². The molecule has 0 fully saturated rings. The first-order valence-corrected chi connectivity index (χ1v) is 9.63. The average Bonchev–Trinajstić information content (AvgIpc) is 3.26. The highest BCUT2D eigenvalue weighted by atomic mass is 32.1. The summed E-state index contributed by atoms with van der Waals surface area (Å²) in [5.74, 6) is -0.0747. The number of fused-ring (bicyclic) bond motifs is 1. The number of amides is 1. The third-order valence-corrected chi connectivity index (χ3v) is 5.58. The van der Waals surface area contributed by atoms with Crippen LogP contribution in [-0.4, -0.2) is 18.5 Å². The molecule has 0 spiro atoms. The summed E-state index contributed by atoms with van der Waals surface area (Å²) in [7, 11) is 0. The molecule has 3 rings (SSSR count). The van der Waals surface area contributed by atoms with Crippen LogP contribution in [0.15, 0.2) is 28.4 Å². The van der Waals surface area contributed by atoms with E-state index in [2.05, 4.69) is 12.2 Å². The summed E-state index contributed by atoms with van der Waals surface area (Å²) in [6.45, 7) is 4.18. The normalized spacial score (nSPS) is 16.3. The summed E-state index contributed by atoms with van der Waals surface area (Å²) in [5.41, 5.74) is 1.28. The van der Waals surface area contributed by atoms with E-state index in [-0.39, 0.29) is 12.2 Å². The second-order valence-corrected chi connectivity index (χ2v) is 7.52. The molecule has 2 heterocycles. The molecule has 140 valence electrons. The quantitative estimate of drug-likeness (QED) is 0.474. The van der Waals surface area contributed by atoms with Crippen molar-refractivity contribution in [2.75, 3.05) is 11.9 Å². The summed E-state index contributed by atoms with van der Waals surface area (Å²) in [5, 5.41) is 12.5. The number of furan rings is 1. The number of nitrogens with one attached hydrogen (secondary N) is 1. The number of carbonyl (C=O) groups is 2. The smallest absolute Gasteiger partial charge is 0.341 e. The molecule has 0 radical (unpaired) electrons. The van der Waals surface area contributed by atoms with Crippen molar-refractivity contribution in [1.82, 2.24) is 0 Å². The molecule has 0 aliphatic heterocycles. The molecule has 6 nitrogen and oxygen atoms in total. The van der Waals surface area contributed by atoms with Crippen molar-refractivity contribution >= 4 is 34.3 Å². The number of anilines is 1. The molecule has 1 amide bonds. The Morgan fingerprint density at radius 2 is 2.33 bits per heavy atom. The highest BCUT2D eigenvalue weighted by Gasteiger charge is 2.29. The molecule has 1 aliphatic rings. The fourth-order valence-electron chi connectivity index (χ4n) is 3.09. The maximum atomic E-state index is 12.6. The van der Waals surface area contributed by atoms with Crippen LogP contribution in [-0.2, 0) is 22.4 Å². The van der Waals surface area contributed by atoms with Gasteiger partial charge < -0.3 is 14.5 Å². The van der Waals surface area contributed by atoms with Gasteiger partial charge in [-0.05, 0) is 49.8 Å². The molecule has 2 aromatic heterocycles. The van der Waals surface area contributed by atoms with Crippen LogP contribution in [0.3, 0.4) is 0 Å². The first-order chi connectivity index (χ1) is 13.0. The Morgan fingerprint density at radius 1 is 1.52 bits per heavy atom. The molecule has 0 bridgehead atoms. The van der Waals surface area contributed by atoms with Crippen LogP contribution in [0.2, 0.25) is 0 Å². The SMILES string of the molecule is CCOC(=O)c1c(NC(=O)/C(C#N)=C\c2ccco2)sc2c1CC[C@H](C)C2. The molecule has 1 aliphatic carbocycles. The summed E-state index contributed by atoms with van der Waals surface area (Å²) in [4.78, 5) is 26.2. The number of hydrogen-bond donors (Lipinski definition) is 1. The second kappa shape index (κ2) is 8.23. The molecule has 7 heteroatoms. The minimum atomic E-state index is -0.578. The van der Waals surface area contributed by atoms with Crippen LogP contribution in [0.5, 0.6) is 0 Å². The predicted octanol–water partition coefficient (Wildman–Crippen LogP) is 4.19. The van der Waals surface area contributed by atoms with E-state index in [9.17, 15) is 14.9 Å². The van der Waals surface area contributed by atoms with E-state index in [1.54, 1.807) is 19.1 Å². The Kier molecular flexibility index (Phi) is 5.77.